The maximum absolute atomic E-state index is 12.9. The molecule has 2 aromatic carbocycles. The van der Waals surface area contributed by atoms with Crippen LogP contribution < -0.4 is 18.9 Å². The molecule has 0 N–H and O–H groups in total. The maximum Gasteiger partial charge on any atom is 0.328 e. The summed E-state index contributed by atoms with van der Waals surface area (Å²) in [4.78, 5) is 25.7. The van der Waals surface area contributed by atoms with Crippen LogP contribution in [0.25, 0.3) is 0 Å². The SMILES string of the molecule is CCC(CC)(C(=O)Oc1cccc(OC)c1)C(=O)Oc1cccc(OC)c1. The van der Waals surface area contributed by atoms with Gasteiger partial charge in [0.1, 0.15) is 23.0 Å². The van der Waals surface area contributed by atoms with E-state index in [-0.39, 0.29) is 12.8 Å². The van der Waals surface area contributed by atoms with Gasteiger partial charge >= 0.3 is 11.9 Å². The molecule has 6 heteroatoms. The van der Waals surface area contributed by atoms with Crippen molar-refractivity contribution in [3.63, 3.8) is 0 Å². The molecule has 0 fully saturated rings. The van der Waals surface area contributed by atoms with Crippen LogP contribution in [0.1, 0.15) is 26.7 Å². The largest absolute Gasteiger partial charge is 0.497 e. The summed E-state index contributed by atoms with van der Waals surface area (Å²) >= 11 is 0. The van der Waals surface area contributed by atoms with E-state index >= 15 is 0 Å². The third-order valence-electron chi connectivity index (χ3n) is 4.49. The second-order valence-electron chi connectivity index (χ2n) is 5.93. The van der Waals surface area contributed by atoms with Gasteiger partial charge in [0.2, 0.25) is 0 Å². The highest BCUT2D eigenvalue weighted by molar-refractivity contribution is 6.01. The Balaban J connectivity index is 2.23. The van der Waals surface area contributed by atoms with Gasteiger partial charge in [0.05, 0.1) is 14.2 Å². The summed E-state index contributed by atoms with van der Waals surface area (Å²) in [6.45, 7) is 3.51. The average Bonchev–Trinajstić information content (AvgIpc) is 2.69. The lowest BCUT2D eigenvalue weighted by Crippen LogP contribution is -2.43. The van der Waals surface area contributed by atoms with Gasteiger partial charge in [-0.25, -0.2) is 0 Å². The van der Waals surface area contributed by atoms with Crippen LogP contribution in [-0.4, -0.2) is 26.2 Å². The summed E-state index contributed by atoms with van der Waals surface area (Å²) in [5, 5.41) is 0. The Morgan fingerprint density at radius 3 is 1.44 bits per heavy atom. The molecule has 0 unspecified atom stereocenters. The Labute approximate surface area is 159 Å². The van der Waals surface area contributed by atoms with E-state index in [9.17, 15) is 9.59 Å². The lowest BCUT2D eigenvalue weighted by Gasteiger charge is -2.26. The molecule has 27 heavy (non-hydrogen) atoms. The van der Waals surface area contributed by atoms with Gasteiger partial charge in [-0.2, -0.15) is 0 Å². The second kappa shape index (κ2) is 9.07. The lowest BCUT2D eigenvalue weighted by atomic mass is 9.82. The van der Waals surface area contributed by atoms with Crippen LogP contribution in [0.5, 0.6) is 23.0 Å². The summed E-state index contributed by atoms with van der Waals surface area (Å²) in [5.74, 6) is 0.401. The maximum atomic E-state index is 12.9. The topological polar surface area (TPSA) is 71.1 Å². The number of rotatable bonds is 8. The summed E-state index contributed by atoms with van der Waals surface area (Å²) < 4.78 is 21.2. The molecule has 0 aliphatic rings. The zero-order valence-corrected chi connectivity index (χ0v) is 16.0. The molecule has 0 radical (unpaired) electrons. The van der Waals surface area contributed by atoms with E-state index in [1.165, 1.54) is 14.2 Å². The van der Waals surface area contributed by atoms with Crippen molar-refractivity contribution in [1.82, 2.24) is 0 Å². The van der Waals surface area contributed by atoms with E-state index in [2.05, 4.69) is 0 Å². The minimum Gasteiger partial charge on any atom is -0.497 e. The van der Waals surface area contributed by atoms with Gasteiger partial charge in [-0.15, -0.1) is 0 Å². The number of hydrogen-bond acceptors (Lipinski definition) is 6. The number of esters is 2. The van der Waals surface area contributed by atoms with E-state index in [1.807, 2.05) is 0 Å². The number of methoxy groups -OCH3 is 2. The van der Waals surface area contributed by atoms with Crippen LogP contribution >= 0.6 is 0 Å². The Hall–Kier alpha value is -3.02. The third kappa shape index (κ3) is 4.58. The van der Waals surface area contributed by atoms with E-state index in [1.54, 1.807) is 62.4 Å². The fourth-order valence-electron chi connectivity index (χ4n) is 2.65. The third-order valence-corrected chi connectivity index (χ3v) is 4.49. The van der Waals surface area contributed by atoms with Crippen molar-refractivity contribution in [2.24, 2.45) is 5.41 Å². The molecule has 0 heterocycles. The first kappa shape index (κ1) is 20.3. The van der Waals surface area contributed by atoms with Gasteiger partial charge in [-0.3, -0.25) is 9.59 Å². The Kier molecular flexibility index (Phi) is 6.82. The average molecular weight is 372 g/mol. The molecule has 0 bridgehead atoms. The van der Waals surface area contributed by atoms with Crippen molar-refractivity contribution in [2.75, 3.05) is 14.2 Å². The van der Waals surface area contributed by atoms with E-state index in [4.69, 9.17) is 18.9 Å². The summed E-state index contributed by atoms with van der Waals surface area (Å²) in [7, 11) is 3.05. The highest BCUT2D eigenvalue weighted by Crippen LogP contribution is 2.33. The molecule has 2 rings (SSSR count). The number of carbonyl (C=O) groups is 2. The molecule has 0 saturated heterocycles. The molecule has 0 amide bonds. The number of benzene rings is 2. The Morgan fingerprint density at radius 1 is 0.741 bits per heavy atom. The van der Waals surface area contributed by atoms with Crippen molar-refractivity contribution in [3.05, 3.63) is 48.5 Å². The van der Waals surface area contributed by atoms with Crippen LogP contribution in [0.4, 0.5) is 0 Å². The van der Waals surface area contributed by atoms with Crippen LogP contribution in [0.2, 0.25) is 0 Å². The molecule has 0 spiro atoms. The van der Waals surface area contributed by atoms with Crippen molar-refractivity contribution < 1.29 is 28.5 Å². The highest BCUT2D eigenvalue weighted by Gasteiger charge is 2.46. The molecule has 0 aliphatic heterocycles. The first-order valence-corrected chi connectivity index (χ1v) is 8.71. The molecule has 0 aromatic heterocycles. The van der Waals surface area contributed by atoms with Gasteiger partial charge in [0.25, 0.3) is 0 Å². The molecule has 6 nitrogen and oxygen atoms in total. The van der Waals surface area contributed by atoms with Gasteiger partial charge in [-0.1, -0.05) is 26.0 Å². The highest BCUT2D eigenvalue weighted by atomic mass is 16.6. The minimum atomic E-state index is -1.41. The predicted molar refractivity (Wildman–Crippen MR) is 100 cm³/mol. The quantitative estimate of drug-likeness (QED) is 0.396. The van der Waals surface area contributed by atoms with Gasteiger partial charge in [0, 0.05) is 12.1 Å². The lowest BCUT2D eigenvalue weighted by molar-refractivity contribution is -0.161. The van der Waals surface area contributed by atoms with Crippen molar-refractivity contribution in [1.29, 1.82) is 0 Å². The predicted octanol–water partition coefficient (Wildman–Crippen LogP) is 4.02. The number of carbonyl (C=O) groups excluding carboxylic acids is 2. The Morgan fingerprint density at radius 2 is 1.11 bits per heavy atom. The normalized spacial score (nSPS) is 10.8. The zero-order valence-electron chi connectivity index (χ0n) is 16.0. The van der Waals surface area contributed by atoms with Crippen molar-refractivity contribution in [2.45, 2.75) is 26.7 Å². The first-order valence-electron chi connectivity index (χ1n) is 8.71. The number of ether oxygens (including phenoxy) is 4. The van der Waals surface area contributed by atoms with Gasteiger partial charge in [-0.05, 0) is 37.1 Å². The molecule has 0 saturated carbocycles. The van der Waals surface area contributed by atoms with E-state index in [0.29, 0.717) is 23.0 Å². The Bertz CT molecular complexity index is 731. The van der Waals surface area contributed by atoms with Crippen LogP contribution in [0.15, 0.2) is 48.5 Å². The van der Waals surface area contributed by atoms with E-state index in [0.717, 1.165) is 0 Å². The fraction of sp³-hybridized carbons (Fsp3) is 0.333. The summed E-state index contributed by atoms with van der Waals surface area (Å²) in [6.07, 6.45) is 0.490. The zero-order chi connectivity index (χ0) is 19.9. The minimum absolute atomic E-state index is 0.245. The molecule has 2 aromatic rings. The van der Waals surface area contributed by atoms with Crippen LogP contribution in [0, 0.1) is 5.41 Å². The molecule has 0 atom stereocenters. The molecule has 144 valence electrons. The van der Waals surface area contributed by atoms with Crippen molar-refractivity contribution in [3.8, 4) is 23.0 Å². The number of hydrogen-bond donors (Lipinski definition) is 0. The molecular formula is C21H24O6. The summed E-state index contributed by atoms with van der Waals surface area (Å²) in [5.41, 5.74) is -1.41. The van der Waals surface area contributed by atoms with Crippen LogP contribution in [0.3, 0.4) is 0 Å². The summed E-state index contributed by atoms with van der Waals surface area (Å²) in [6, 6.07) is 13.3. The van der Waals surface area contributed by atoms with Crippen molar-refractivity contribution >= 4 is 11.9 Å². The molecule has 0 aliphatic carbocycles. The van der Waals surface area contributed by atoms with Gasteiger partial charge in [0.15, 0.2) is 5.41 Å². The smallest absolute Gasteiger partial charge is 0.328 e. The molecular weight excluding hydrogens is 348 g/mol. The van der Waals surface area contributed by atoms with Gasteiger partial charge < -0.3 is 18.9 Å². The fourth-order valence-corrected chi connectivity index (χ4v) is 2.65. The standard InChI is InChI=1S/C21H24O6/c1-5-21(6-2,19(22)26-17-11-7-9-15(13-17)24-3)20(23)27-18-12-8-10-16(14-18)25-4/h7-14H,5-6H2,1-4H3. The van der Waals surface area contributed by atoms with Crippen LogP contribution in [-0.2, 0) is 9.59 Å². The monoisotopic (exact) mass is 372 g/mol. The van der Waals surface area contributed by atoms with E-state index < -0.39 is 17.4 Å². The second-order valence-corrected chi connectivity index (χ2v) is 5.93. The first-order chi connectivity index (χ1) is 13.0.